The van der Waals surface area contributed by atoms with Crippen molar-refractivity contribution in [3.05, 3.63) is 34.1 Å². The maximum absolute atomic E-state index is 13.9. The second-order valence-electron chi connectivity index (χ2n) is 4.76. The van der Waals surface area contributed by atoms with Crippen LogP contribution in [0.2, 0.25) is 0 Å². The Morgan fingerprint density at radius 2 is 2.00 bits per heavy atom. The van der Waals surface area contributed by atoms with Crippen LogP contribution in [0.15, 0.2) is 22.7 Å². The van der Waals surface area contributed by atoms with Crippen molar-refractivity contribution >= 4 is 31.7 Å². The van der Waals surface area contributed by atoms with Crippen LogP contribution in [0.1, 0.15) is 31.1 Å². The minimum absolute atomic E-state index is 0.0235. The van der Waals surface area contributed by atoms with E-state index in [-0.39, 0.29) is 17.1 Å². The average molecular weight is 380 g/mol. The number of hydrogen-bond donors (Lipinski definition) is 0. The van der Waals surface area contributed by atoms with Crippen LogP contribution in [-0.4, -0.2) is 43.3 Å². The first kappa shape index (κ1) is 18.1. The highest BCUT2D eigenvalue weighted by Crippen LogP contribution is 2.18. The van der Waals surface area contributed by atoms with Gasteiger partial charge in [0.2, 0.25) is 0 Å². The van der Waals surface area contributed by atoms with Crippen molar-refractivity contribution in [1.82, 2.24) is 4.90 Å². The highest BCUT2D eigenvalue weighted by molar-refractivity contribution is 9.10. The number of amides is 1. The zero-order chi connectivity index (χ0) is 16.2. The van der Waals surface area contributed by atoms with Crippen LogP contribution < -0.4 is 0 Å². The van der Waals surface area contributed by atoms with Crippen LogP contribution in [0.4, 0.5) is 4.39 Å². The van der Waals surface area contributed by atoms with Gasteiger partial charge in [-0.25, -0.2) is 12.8 Å². The molecular weight excluding hydrogens is 361 g/mol. The fraction of sp³-hybridized carbons (Fsp3) is 0.500. The van der Waals surface area contributed by atoms with Crippen LogP contribution in [0.3, 0.4) is 0 Å². The van der Waals surface area contributed by atoms with Crippen LogP contribution in [0.25, 0.3) is 0 Å². The van der Waals surface area contributed by atoms with Crippen LogP contribution in [0, 0.1) is 5.82 Å². The summed E-state index contributed by atoms with van der Waals surface area (Å²) >= 11 is 3.13. The van der Waals surface area contributed by atoms with Crippen LogP contribution >= 0.6 is 15.9 Å². The number of hydrogen-bond acceptors (Lipinski definition) is 3. The molecule has 1 atom stereocenters. The molecule has 0 heterocycles. The van der Waals surface area contributed by atoms with Crippen molar-refractivity contribution in [1.29, 1.82) is 0 Å². The summed E-state index contributed by atoms with van der Waals surface area (Å²) in [6.45, 7) is 5.28. The minimum atomic E-state index is -3.20. The topological polar surface area (TPSA) is 54.5 Å². The number of rotatable bonds is 6. The van der Waals surface area contributed by atoms with E-state index in [2.05, 4.69) is 15.9 Å². The molecule has 1 aromatic rings. The summed E-state index contributed by atoms with van der Waals surface area (Å²) in [7, 11) is -3.20. The van der Waals surface area contributed by atoms with E-state index in [1.54, 1.807) is 26.8 Å². The predicted molar refractivity (Wildman–Crippen MR) is 84.6 cm³/mol. The Morgan fingerprint density at radius 3 is 2.48 bits per heavy atom. The van der Waals surface area contributed by atoms with Crippen molar-refractivity contribution in [2.45, 2.75) is 26.8 Å². The van der Waals surface area contributed by atoms with Gasteiger partial charge >= 0.3 is 0 Å². The van der Waals surface area contributed by atoms with Crippen LogP contribution in [0.5, 0.6) is 0 Å². The van der Waals surface area contributed by atoms with Crippen LogP contribution in [-0.2, 0) is 9.84 Å². The molecule has 0 spiro atoms. The Morgan fingerprint density at radius 1 is 1.38 bits per heavy atom. The van der Waals surface area contributed by atoms with Gasteiger partial charge in [0, 0.05) is 22.8 Å². The number of halogens is 2. The molecule has 118 valence electrons. The molecule has 0 saturated carbocycles. The molecule has 7 heteroatoms. The predicted octanol–water partition coefficient (Wildman–Crippen LogP) is 2.87. The largest absolute Gasteiger partial charge is 0.335 e. The summed E-state index contributed by atoms with van der Waals surface area (Å²) < 4.78 is 37.8. The first-order chi connectivity index (χ1) is 9.71. The Hall–Kier alpha value is -0.950. The fourth-order valence-corrected chi connectivity index (χ4v) is 3.53. The van der Waals surface area contributed by atoms with E-state index >= 15 is 0 Å². The summed E-state index contributed by atoms with van der Waals surface area (Å²) in [5.41, 5.74) is -0.0548. The minimum Gasteiger partial charge on any atom is -0.335 e. The molecule has 0 aliphatic rings. The van der Waals surface area contributed by atoms with Crippen molar-refractivity contribution in [2.75, 3.05) is 18.1 Å². The standard InChI is InChI=1S/C14H19BrFNO3S/c1-4-17(10(3)9-21(19,20)5-2)14(18)12-7-6-11(15)8-13(12)16/h6-8,10H,4-5,9H2,1-3H3. The van der Waals surface area contributed by atoms with Crippen molar-refractivity contribution in [3.63, 3.8) is 0 Å². The fourth-order valence-electron chi connectivity index (χ4n) is 2.05. The van der Waals surface area contributed by atoms with Gasteiger partial charge in [-0.3, -0.25) is 4.79 Å². The molecule has 4 nitrogen and oxygen atoms in total. The van der Waals surface area contributed by atoms with Crippen molar-refractivity contribution in [2.24, 2.45) is 0 Å². The van der Waals surface area contributed by atoms with E-state index < -0.39 is 27.6 Å². The highest BCUT2D eigenvalue weighted by atomic mass is 79.9. The lowest BCUT2D eigenvalue weighted by atomic mass is 10.1. The van der Waals surface area contributed by atoms with Gasteiger partial charge in [-0.1, -0.05) is 22.9 Å². The molecule has 0 saturated heterocycles. The van der Waals surface area contributed by atoms with Gasteiger partial charge in [-0.15, -0.1) is 0 Å². The highest BCUT2D eigenvalue weighted by Gasteiger charge is 2.25. The molecule has 0 radical (unpaired) electrons. The maximum Gasteiger partial charge on any atom is 0.257 e. The summed E-state index contributed by atoms with van der Waals surface area (Å²) in [6.07, 6.45) is 0. The third kappa shape index (κ3) is 4.78. The number of nitrogens with zero attached hydrogens (tertiary/aromatic N) is 1. The first-order valence-electron chi connectivity index (χ1n) is 6.68. The normalized spacial score (nSPS) is 13.0. The van der Waals surface area contributed by atoms with E-state index in [9.17, 15) is 17.6 Å². The molecular formula is C14H19BrFNO3S. The van der Waals surface area contributed by atoms with Gasteiger partial charge in [0.05, 0.1) is 11.3 Å². The molecule has 21 heavy (non-hydrogen) atoms. The third-order valence-electron chi connectivity index (χ3n) is 3.23. The van der Waals surface area contributed by atoms with Crippen molar-refractivity contribution in [3.8, 4) is 0 Å². The quantitative estimate of drug-likeness (QED) is 0.763. The van der Waals surface area contributed by atoms with E-state index in [4.69, 9.17) is 0 Å². The first-order valence-corrected chi connectivity index (χ1v) is 9.29. The second-order valence-corrected chi connectivity index (χ2v) is 8.08. The molecule has 1 amide bonds. The third-order valence-corrected chi connectivity index (χ3v) is 5.59. The van der Waals surface area contributed by atoms with E-state index in [1.807, 2.05) is 0 Å². The van der Waals surface area contributed by atoms with Gasteiger partial charge in [-0.2, -0.15) is 0 Å². The summed E-state index contributed by atoms with van der Waals surface area (Å²) in [5.74, 6) is -1.23. The molecule has 0 aliphatic carbocycles. The Kier molecular flexibility index (Phi) is 6.34. The molecule has 1 rings (SSSR count). The van der Waals surface area contributed by atoms with E-state index in [0.717, 1.165) is 0 Å². The van der Waals surface area contributed by atoms with Gasteiger partial charge in [0.15, 0.2) is 9.84 Å². The molecule has 0 N–H and O–H groups in total. The summed E-state index contributed by atoms with van der Waals surface area (Å²) in [4.78, 5) is 13.8. The molecule has 0 aliphatic heterocycles. The average Bonchev–Trinajstić information content (AvgIpc) is 2.38. The lowest BCUT2D eigenvalue weighted by Gasteiger charge is -2.28. The number of carbonyl (C=O) groups is 1. The van der Waals surface area contributed by atoms with Gasteiger partial charge < -0.3 is 4.90 Å². The zero-order valence-corrected chi connectivity index (χ0v) is 14.7. The monoisotopic (exact) mass is 379 g/mol. The summed E-state index contributed by atoms with van der Waals surface area (Å²) in [5, 5.41) is 0. The zero-order valence-electron chi connectivity index (χ0n) is 12.3. The molecule has 1 unspecified atom stereocenters. The van der Waals surface area contributed by atoms with Crippen molar-refractivity contribution < 1.29 is 17.6 Å². The maximum atomic E-state index is 13.9. The SMILES string of the molecule is CCN(C(=O)c1ccc(Br)cc1F)C(C)CS(=O)(=O)CC. The second kappa shape index (κ2) is 7.35. The van der Waals surface area contributed by atoms with E-state index in [0.29, 0.717) is 11.0 Å². The summed E-state index contributed by atoms with van der Waals surface area (Å²) in [6, 6.07) is 3.69. The van der Waals surface area contributed by atoms with E-state index in [1.165, 1.54) is 17.0 Å². The number of carbonyl (C=O) groups excluding carboxylic acids is 1. The van der Waals surface area contributed by atoms with Gasteiger partial charge in [0.25, 0.3) is 5.91 Å². The smallest absolute Gasteiger partial charge is 0.257 e. The number of sulfone groups is 1. The lowest BCUT2D eigenvalue weighted by molar-refractivity contribution is 0.0714. The molecule has 0 fully saturated rings. The van der Waals surface area contributed by atoms with Gasteiger partial charge in [-0.05, 0) is 32.0 Å². The molecule has 0 bridgehead atoms. The molecule has 0 aromatic heterocycles. The van der Waals surface area contributed by atoms with Gasteiger partial charge in [0.1, 0.15) is 5.82 Å². The Labute approximate surface area is 133 Å². The lowest BCUT2D eigenvalue weighted by Crippen LogP contribution is -2.42. The number of benzene rings is 1. The molecule has 1 aromatic carbocycles. The Balaban J connectivity index is 3.01. The Bertz CT molecular complexity index is 619.